The SMILES string of the molecule is COc1ccc(-c2c(C)nc3n[nH]c(N)c3c2C)cn1. The number of fused-ring (bicyclic) bond motifs is 1. The van der Waals surface area contributed by atoms with Crippen molar-refractivity contribution >= 4 is 16.9 Å². The van der Waals surface area contributed by atoms with Gasteiger partial charge in [-0.05, 0) is 25.5 Å². The van der Waals surface area contributed by atoms with E-state index < -0.39 is 0 Å². The highest BCUT2D eigenvalue weighted by atomic mass is 16.5. The number of hydrogen-bond acceptors (Lipinski definition) is 5. The Labute approximate surface area is 116 Å². The van der Waals surface area contributed by atoms with Crippen molar-refractivity contribution in [2.45, 2.75) is 13.8 Å². The lowest BCUT2D eigenvalue weighted by Crippen LogP contribution is -1.96. The highest BCUT2D eigenvalue weighted by molar-refractivity contribution is 5.94. The molecule has 3 aromatic rings. The van der Waals surface area contributed by atoms with Crippen molar-refractivity contribution in [3.8, 4) is 17.0 Å². The van der Waals surface area contributed by atoms with Crippen LogP contribution < -0.4 is 10.5 Å². The van der Waals surface area contributed by atoms with Crippen molar-refractivity contribution in [2.75, 3.05) is 12.8 Å². The molecule has 0 aliphatic rings. The van der Waals surface area contributed by atoms with Crippen LogP contribution in [0.4, 0.5) is 5.82 Å². The Bertz CT molecular complexity index is 776. The second kappa shape index (κ2) is 4.48. The Morgan fingerprint density at radius 3 is 2.70 bits per heavy atom. The normalized spacial score (nSPS) is 10.9. The van der Waals surface area contributed by atoms with Gasteiger partial charge in [0.2, 0.25) is 5.88 Å². The Kier molecular flexibility index (Phi) is 2.78. The van der Waals surface area contributed by atoms with E-state index in [-0.39, 0.29) is 0 Å². The van der Waals surface area contributed by atoms with Crippen LogP contribution in [0.25, 0.3) is 22.2 Å². The number of aromatic amines is 1. The molecule has 3 aromatic heterocycles. The molecule has 3 heterocycles. The van der Waals surface area contributed by atoms with Crippen molar-refractivity contribution in [2.24, 2.45) is 0 Å². The van der Waals surface area contributed by atoms with E-state index in [1.54, 1.807) is 13.3 Å². The smallest absolute Gasteiger partial charge is 0.212 e. The van der Waals surface area contributed by atoms with Gasteiger partial charge in [0.05, 0.1) is 12.5 Å². The number of pyridine rings is 2. The Balaban J connectivity index is 2.26. The fraction of sp³-hybridized carbons (Fsp3) is 0.214. The predicted molar refractivity (Wildman–Crippen MR) is 77.6 cm³/mol. The summed E-state index contributed by atoms with van der Waals surface area (Å²) in [6.45, 7) is 3.97. The van der Waals surface area contributed by atoms with Crippen molar-refractivity contribution in [1.29, 1.82) is 0 Å². The van der Waals surface area contributed by atoms with E-state index in [2.05, 4.69) is 20.2 Å². The molecule has 6 heteroatoms. The molecule has 0 radical (unpaired) electrons. The minimum absolute atomic E-state index is 0.535. The summed E-state index contributed by atoms with van der Waals surface area (Å²) in [6, 6.07) is 3.79. The molecule has 0 spiro atoms. The number of methoxy groups -OCH3 is 1. The summed E-state index contributed by atoms with van der Waals surface area (Å²) in [5.41, 5.74) is 10.5. The first-order valence-electron chi connectivity index (χ1n) is 6.23. The van der Waals surface area contributed by atoms with E-state index in [0.29, 0.717) is 17.3 Å². The van der Waals surface area contributed by atoms with E-state index in [0.717, 1.165) is 27.8 Å². The molecule has 0 aliphatic carbocycles. The van der Waals surface area contributed by atoms with Crippen LogP contribution in [0.2, 0.25) is 0 Å². The second-order valence-electron chi connectivity index (χ2n) is 4.62. The van der Waals surface area contributed by atoms with Gasteiger partial charge in [0, 0.05) is 29.1 Å². The van der Waals surface area contributed by atoms with Crippen molar-refractivity contribution in [3.63, 3.8) is 0 Å². The van der Waals surface area contributed by atoms with Crippen molar-refractivity contribution in [3.05, 3.63) is 29.6 Å². The molecule has 3 N–H and O–H groups in total. The number of anilines is 1. The highest BCUT2D eigenvalue weighted by Crippen LogP contribution is 2.32. The summed E-state index contributed by atoms with van der Waals surface area (Å²) in [5, 5.41) is 7.74. The third kappa shape index (κ3) is 1.77. The molecule has 0 fully saturated rings. The zero-order valence-electron chi connectivity index (χ0n) is 11.6. The first-order valence-corrected chi connectivity index (χ1v) is 6.23. The molecule has 3 rings (SSSR count). The number of nitrogens with zero attached hydrogens (tertiary/aromatic N) is 3. The average Bonchev–Trinajstić information content (AvgIpc) is 2.81. The lowest BCUT2D eigenvalue weighted by atomic mass is 9.98. The predicted octanol–water partition coefficient (Wildman–Crippen LogP) is 2.23. The summed E-state index contributed by atoms with van der Waals surface area (Å²) in [5.74, 6) is 1.12. The molecule has 0 saturated heterocycles. The monoisotopic (exact) mass is 269 g/mol. The number of hydrogen-bond donors (Lipinski definition) is 2. The fourth-order valence-corrected chi connectivity index (χ4v) is 2.48. The number of H-pyrrole nitrogens is 1. The van der Waals surface area contributed by atoms with Gasteiger partial charge < -0.3 is 10.5 Å². The summed E-state index contributed by atoms with van der Waals surface area (Å²) in [4.78, 5) is 8.74. The number of rotatable bonds is 2. The summed E-state index contributed by atoms with van der Waals surface area (Å²) >= 11 is 0. The molecular formula is C14H15N5O. The van der Waals surface area contributed by atoms with E-state index in [1.807, 2.05) is 26.0 Å². The van der Waals surface area contributed by atoms with Crippen molar-refractivity contribution in [1.82, 2.24) is 20.2 Å². The van der Waals surface area contributed by atoms with Crippen LogP contribution in [0.5, 0.6) is 5.88 Å². The number of nitrogens with two attached hydrogens (primary N) is 1. The Morgan fingerprint density at radius 2 is 2.05 bits per heavy atom. The molecule has 0 aliphatic heterocycles. The van der Waals surface area contributed by atoms with Crippen LogP contribution in [0.3, 0.4) is 0 Å². The highest BCUT2D eigenvalue weighted by Gasteiger charge is 2.15. The van der Waals surface area contributed by atoms with Gasteiger partial charge in [-0.25, -0.2) is 9.97 Å². The van der Waals surface area contributed by atoms with Crippen molar-refractivity contribution < 1.29 is 4.74 Å². The third-order valence-electron chi connectivity index (χ3n) is 3.39. The number of aromatic nitrogens is 4. The van der Waals surface area contributed by atoms with E-state index in [1.165, 1.54) is 0 Å². The Morgan fingerprint density at radius 1 is 1.25 bits per heavy atom. The topological polar surface area (TPSA) is 89.7 Å². The summed E-state index contributed by atoms with van der Waals surface area (Å²) < 4.78 is 5.08. The molecule has 0 bridgehead atoms. The minimum atomic E-state index is 0.535. The molecular weight excluding hydrogens is 254 g/mol. The lowest BCUT2D eigenvalue weighted by Gasteiger charge is -2.10. The number of nitrogen functional groups attached to an aromatic ring is 1. The van der Waals surface area contributed by atoms with Gasteiger partial charge in [-0.15, -0.1) is 0 Å². The zero-order chi connectivity index (χ0) is 14.3. The van der Waals surface area contributed by atoms with Crippen LogP contribution in [0.15, 0.2) is 18.3 Å². The fourth-order valence-electron chi connectivity index (χ4n) is 2.48. The molecule has 6 nitrogen and oxygen atoms in total. The average molecular weight is 269 g/mol. The first kappa shape index (κ1) is 12.4. The standard InChI is InChI=1S/C14H15N5O/c1-7-11(9-4-5-10(20-3)16-6-9)8(2)17-14-12(7)13(15)18-19-14/h4-6H,1-3H3,(H3,15,17,18,19). The third-order valence-corrected chi connectivity index (χ3v) is 3.39. The lowest BCUT2D eigenvalue weighted by molar-refractivity contribution is 0.398. The molecule has 0 aromatic carbocycles. The summed E-state index contributed by atoms with van der Waals surface area (Å²) in [7, 11) is 1.60. The van der Waals surface area contributed by atoms with Crippen LogP contribution in [-0.4, -0.2) is 27.3 Å². The van der Waals surface area contributed by atoms with Crippen LogP contribution >= 0.6 is 0 Å². The molecule has 0 amide bonds. The van der Waals surface area contributed by atoms with Gasteiger partial charge in [-0.2, -0.15) is 5.10 Å². The quantitative estimate of drug-likeness (QED) is 0.744. The maximum Gasteiger partial charge on any atom is 0.212 e. The molecule has 0 atom stereocenters. The van der Waals surface area contributed by atoms with Gasteiger partial charge >= 0.3 is 0 Å². The maximum absolute atomic E-state index is 5.93. The minimum Gasteiger partial charge on any atom is -0.481 e. The van der Waals surface area contributed by atoms with E-state index in [4.69, 9.17) is 10.5 Å². The molecule has 102 valence electrons. The van der Waals surface area contributed by atoms with Crippen LogP contribution in [0.1, 0.15) is 11.3 Å². The number of ether oxygens (including phenoxy) is 1. The first-order chi connectivity index (χ1) is 9.61. The van der Waals surface area contributed by atoms with Gasteiger partial charge in [0.15, 0.2) is 5.65 Å². The molecule has 0 unspecified atom stereocenters. The van der Waals surface area contributed by atoms with Gasteiger partial charge in [-0.1, -0.05) is 0 Å². The van der Waals surface area contributed by atoms with E-state index >= 15 is 0 Å². The second-order valence-corrected chi connectivity index (χ2v) is 4.62. The van der Waals surface area contributed by atoms with Crippen LogP contribution in [0, 0.1) is 13.8 Å². The van der Waals surface area contributed by atoms with E-state index in [9.17, 15) is 0 Å². The van der Waals surface area contributed by atoms with Crippen LogP contribution in [-0.2, 0) is 0 Å². The summed E-state index contributed by atoms with van der Waals surface area (Å²) in [6.07, 6.45) is 1.78. The number of aryl methyl sites for hydroxylation is 2. The van der Waals surface area contributed by atoms with Gasteiger partial charge in [-0.3, -0.25) is 5.10 Å². The van der Waals surface area contributed by atoms with Gasteiger partial charge in [0.25, 0.3) is 0 Å². The molecule has 0 saturated carbocycles. The Hall–Kier alpha value is -2.63. The zero-order valence-corrected chi connectivity index (χ0v) is 11.6. The largest absolute Gasteiger partial charge is 0.481 e. The van der Waals surface area contributed by atoms with Gasteiger partial charge in [0.1, 0.15) is 5.82 Å². The molecule has 20 heavy (non-hydrogen) atoms. The number of nitrogens with one attached hydrogen (secondary N) is 1. The maximum atomic E-state index is 5.93.